The topological polar surface area (TPSA) is 49.8 Å². The van der Waals surface area contributed by atoms with Crippen LogP contribution in [0, 0.1) is 0 Å². The highest BCUT2D eigenvalue weighted by Crippen LogP contribution is 2.26. The van der Waals surface area contributed by atoms with Crippen LogP contribution in [0.25, 0.3) is 0 Å². The summed E-state index contributed by atoms with van der Waals surface area (Å²) in [6.07, 6.45) is 7.59. The molecule has 0 saturated heterocycles. The van der Waals surface area contributed by atoms with Crippen LogP contribution in [-0.4, -0.2) is 22.6 Å². The number of anilines is 1. The summed E-state index contributed by atoms with van der Waals surface area (Å²) in [6, 6.07) is 0.589. The molecule has 1 aromatic rings. The molecule has 0 amide bonds. The third kappa shape index (κ3) is 2.67. The summed E-state index contributed by atoms with van der Waals surface area (Å²) in [6.45, 7) is 1.90. The largest absolute Gasteiger partial charge is 0.367 e. The molecule has 2 heterocycles. The van der Waals surface area contributed by atoms with Crippen LogP contribution in [0.1, 0.15) is 43.4 Å². The summed E-state index contributed by atoms with van der Waals surface area (Å²) < 4.78 is 0.710. The van der Waals surface area contributed by atoms with E-state index < -0.39 is 0 Å². The van der Waals surface area contributed by atoms with Gasteiger partial charge in [0.2, 0.25) is 0 Å². The van der Waals surface area contributed by atoms with Crippen molar-refractivity contribution in [1.82, 2.24) is 15.3 Å². The third-order valence-electron chi connectivity index (χ3n) is 3.85. The van der Waals surface area contributed by atoms with Crippen LogP contribution in [0.15, 0.2) is 4.73 Å². The molecule has 98 valence electrons. The van der Waals surface area contributed by atoms with Crippen LogP contribution in [0.5, 0.6) is 0 Å². The summed E-state index contributed by atoms with van der Waals surface area (Å²) in [5.41, 5.74) is 2.45. The highest BCUT2D eigenvalue weighted by Gasteiger charge is 2.20. The molecule has 0 spiro atoms. The van der Waals surface area contributed by atoms with E-state index in [9.17, 15) is 0 Å². The van der Waals surface area contributed by atoms with Gasteiger partial charge in [-0.3, -0.25) is 0 Å². The van der Waals surface area contributed by atoms with Crippen molar-refractivity contribution in [3.05, 3.63) is 16.0 Å². The van der Waals surface area contributed by atoms with Crippen molar-refractivity contribution in [1.29, 1.82) is 0 Å². The standard InChI is InChI=1S/C13H19BrN4/c14-13-17-11-6-7-15-8-10(11)12(18-13)16-9-4-2-1-3-5-9/h9,15H,1-8H2,(H,16,17,18). The summed E-state index contributed by atoms with van der Waals surface area (Å²) in [5.74, 6) is 1.03. The third-order valence-corrected chi connectivity index (χ3v) is 4.21. The molecule has 2 aliphatic rings. The van der Waals surface area contributed by atoms with E-state index in [0.717, 1.165) is 25.3 Å². The highest BCUT2D eigenvalue weighted by atomic mass is 79.9. The molecule has 0 unspecified atom stereocenters. The zero-order valence-electron chi connectivity index (χ0n) is 10.5. The number of hydrogen-bond donors (Lipinski definition) is 2. The minimum absolute atomic E-state index is 0.589. The molecule has 3 rings (SSSR count). The zero-order valence-corrected chi connectivity index (χ0v) is 12.1. The molecule has 5 heteroatoms. The second kappa shape index (κ2) is 5.53. The van der Waals surface area contributed by atoms with E-state index in [-0.39, 0.29) is 0 Å². The van der Waals surface area contributed by atoms with E-state index in [4.69, 9.17) is 0 Å². The maximum Gasteiger partial charge on any atom is 0.198 e. The van der Waals surface area contributed by atoms with Gasteiger partial charge in [0.15, 0.2) is 4.73 Å². The van der Waals surface area contributed by atoms with E-state index in [0.29, 0.717) is 10.8 Å². The predicted molar refractivity (Wildman–Crippen MR) is 75.6 cm³/mol. The Balaban J connectivity index is 1.83. The van der Waals surface area contributed by atoms with Crippen molar-refractivity contribution in [2.24, 2.45) is 0 Å². The molecule has 0 aromatic carbocycles. The lowest BCUT2D eigenvalue weighted by Gasteiger charge is -2.26. The number of nitrogens with zero attached hydrogens (tertiary/aromatic N) is 2. The predicted octanol–water partition coefficient (Wildman–Crippen LogP) is 2.63. The number of halogens is 1. The summed E-state index contributed by atoms with van der Waals surface area (Å²) in [7, 11) is 0. The Kier molecular flexibility index (Phi) is 3.80. The van der Waals surface area contributed by atoms with Gasteiger partial charge < -0.3 is 10.6 Å². The van der Waals surface area contributed by atoms with E-state index in [2.05, 4.69) is 36.5 Å². The molecule has 0 bridgehead atoms. The van der Waals surface area contributed by atoms with E-state index in [1.165, 1.54) is 43.4 Å². The van der Waals surface area contributed by atoms with Crippen LogP contribution >= 0.6 is 15.9 Å². The Bertz CT molecular complexity index is 429. The Morgan fingerprint density at radius 2 is 2.00 bits per heavy atom. The molecule has 1 aliphatic heterocycles. The Hall–Kier alpha value is -0.680. The van der Waals surface area contributed by atoms with Gasteiger partial charge in [0, 0.05) is 31.1 Å². The van der Waals surface area contributed by atoms with E-state index >= 15 is 0 Å². The SMILES string of the molecule is Brc1nc2c(c(NC3CCCCC3)n1)CNCC2. The normalized spacial score (nSPS) is 20.5. The van der Waals surface area contributed by atoms with Gasteiger partial charge in [-0.25, -0.2) is 9.97 Å². The summed E-state index contributed by atoms with van der Waals surface area (Å²) in [5, 5.41) is 7.03. The van der Waals surface area contributed by atoms with Gasteiger partial charge in [-0.15, -0.1) is 0 Å². The molecule has 2 N–H and O–H groups in total. The van der Waals surface area contributed by atoms with Crippen molar-refractivity contribution in [3.63, 3.8) is 0 Å². The first-order chi connectivity index (χ1) is 8.83. The van der Waals surface area contributed by atoms with Crippen LogP contribution in [0.3, 0.4) is 0 Å². The van der Waals surface area contributed by atoms with Gasteiger partial charge in [0.05, 0.1) is 5.69 Å². The Morgan fingerprint density at radius 1 is 1.17 bits per heavy atom. The first-order valence-corrected chi connectivity index (χ1v) is 7.65. The lowest BCUT2D eigenvalue weighted by Crippen LogP contribution is -2.29. The number of rotatable bonds is 2. The lowest BCUT2D eigenvalue weighted by molar-refractivity contribution is 0.461. The molecule has 1 fully saturated rings. The molecular formula is C13H19BrN4. The van der Waals surface area contributed by atoms with Crippen molar-refractivity contribution < 1.29 is 0 Å². The Morgan fingerprint density at radius 3 is 2.83 bits per heavy atom. The molecular weight excluding hydrogens is 292 g/mol. The molecule has 1 saturated carbocycles. The fourth-order valence-corrected chi connectivity index (χ4v) is 3.26. The smallest absolute Gasteiger partial charge is 0.198 e. The van der Waals surface area contributed by atoms with E-state index in [1.54, 1.807) is 0 Å². The molecule has 1 aromatic heterocycles. The first-order valence-electron chi connectivity index (χ1n) is 6.85. The van der Waals surface area contributed by atoms with E-state index in [1.807, 2.05) is 0 Å². The first kappa shape index (κ1) is 12.4. The van der Waals surface area contributed by atoms with Crippen LogP contribution in [-0.2, 0) is 13.0 Å². The van der Waals surface area contributed by atoms with Gasteiger partial charge in [0.25, 0.3) is 0 Å². The minimum atomic E-state index is 0.589. The van der Waals surface area contributed by atoms with Gasteiger partial charge in [0.1, 0.15) is 5.82 Å². The number of nitrogens with one attached hydrogen (secondary N) is 2. The van der Waals surface area contributed by atoms with Gasteiger partial charge >= 0.3 is 0 Å². The molecule has 4 nitrogen and oxygen atoms in total. The zero-order chi connectivity index (χ0) is 12.4. The van der Waals surface area contributed by atoms with Crippen LogP contribution in [0.2, 0.25) is 0 Å². The molecule has 1 aliphatic carbocycles. The van der Waals surface area contributed by atoms with Gasteiger partial charge in [-0.05, 0) is 28.8 Å². The molecule has 18 heavy (non-hydrogen) atoms. The fourth-order valence-electron chi connectivity index (χ4n) is 2.87. The second-order valence-electron chi connectivity index (χ2n) is 5.17. The average molecular weight is 311 g/mol. The monoisotopic (exact) mass is 310 g/mol. The Labute approximate surface area is 116 Å². The minimum Gasteiger partial charge on any atom is -0.367 e. The van der Waals surface area contributed by atoms with Crippen molar-refractivity contribution >= 4 is 21.7 Å². The van der Waals surface area contributed by atoms with Crippen molar-refractivity contribution in [2.75, 3.05) is 11.9 Å². The highest BCUT2D eigenvalue weighted by molar-refractivity contribution is 9.10. The quantitative estimate of drug-likeness (QED) is 0.825. The second-order valence-corrected chi connectivity index (χ2v) is 5.88. The molecule has 0 atom stereocenters. The number of fused-ring (bicyclic) bond motifs is 1. The van der Waals surface area contributed by atoms with Crippen molar-refractivity contribution in [3.8, 4) is 0 Å². The number of aromatic nitrogens is 2. The maximum absolute atomic E-state index is 4.54. The summed E-state index contributed by atoms with van der Waals surface area (Å²) >= 11 is 3.42. The average Bonchev–Trinajstić information content (AvgIpc) is 2.40. The summed E-state index contributed by atoms with van der Waals surface area (Å²) in [4.78, 5) is 9.03. The molecule has 0 radical (unpaired) electrons. The van der Waals surface area contributed by atoms with Crippen molar-refractivity contribution in [2.45, 2.75) is 51.1 Å². The fraction of sp³-hybridized carbons (Fsp3) is 0.692. The van der Waals surface area contributed by atoms with Gasteiger partial charge in [-0.1, -0.05) is 19.3 Å². The maximum atomic E-state index is 4.54. The number of hydrogen-bond acceptors (Lipinski definition) is 4. The van der Waals surface area contributed by atoms with Crippen LogP contribution < -0.4 is 10.6 Å². The lowest BCUT2D eigenvalue weighted by atomic mass is 9.95. The van der Waals surface area contributed by atoms with Gasteiger partial charge in [-0.2, -0.15) is 0 Å². The van der Waals surface area contributed by atoms with Crippen LogP contribution in [0.4, 0.5) is 5.82 Å².